The number of carbonyl (C=O) groups excluding carboxylic acids is 1. The van der Waals surface area contributed by atoms with Gasteiger partial charge in [0.05, 0.1) is 17.6 Å². The Morgan fingerprint density at radius 1 is 1.16 bits per heavy atom. The number of nitrogens with one attached hydrogen (secondary N) is 1. The molecule has 0 saturated carbocycles. The highest BCUT2D eigenvalue weighted by Crippen LogP contribution is 2.26. The molecule has 32 heavy (non-hydrogen) atoms. The van der Waals surface area contributed by atoms with Crippen molar-refractivity contribution in [3.05, 3.63) is 69.2 Å². The topological polar surface area (TPSA) is 143 Å². The van der Waals surface area contributed by atoms with E-state index in [-0.39, 0.29) is 11.3 Å². The van der Waals surface area contributed by atoms with Crippen LogP contribution in [0.15, 0.2) is 36.4 Å². The standard InChI is InChI=1S/C18H15F4N5O5/c19-16(20)10-5-13(17(21)22)26-14(23-10)6-11(25-26)18(30)24-12(7-28)15(29)8-1-3-9(4-2-8)27(31)32/h1-6,12,15-17,28-29H,7H2,(H,24,30). The van der Waals surface area contributed by atoms with E-state index < -0.39 is 65.2 Å². The lowest BCUT2D eigenvalue weighted by molar-refractivity contribution is -0.384. The second-order valence-corrected chi connectivity index (χ2v) is 6.56. The number of amides is 1. The Kier molecular flexibility index (Phi) is 6.64. The van der Waals surface area contributed by atoms with Crippen LogP contribution in [-0.2, 0) is 0 Å². The lowest BCUT2D eigenvalue weighted by Crippen LogP contribution is -2.42. The Morgan fingerprint density at radius 3 is 2.34 bits per heavy atom. The van der Waals surface area contributed by atoms with Crippen molar-refractivity contribution in [3.8, 4) is 0 Å². The third kappa shape index (κ3) is 4.65. The van der Waals surface area contributed by atoms with Crippen LogP contribution in [0, 0.1) is 10.1 Å². The molecule has 0 aliphatic heterocycles. The summed E-state index contributed by atoms with van der Waals surface area (Å²) in [4.78, 5) is 26.1. The highest BCUT2D eigenvalue weighted by Gasteiger charge is 2.26. The Bertz CT molecular complexity index is 1140. The van der Waals surface area contributed by atoms with Crippen molar-refractivity contribution in [1.82, 2.24) is 19.9 Å². The van der Waals surface area contributed by atoms with Crippen molar-refractivity contribution in [1.29, 1.82) is 0 Å². The second-order valence-electron chi connectivity index (χ2n) is 6.56. The highest BCUT2D eigenvalue weighted by atomic mass is 19.3. The minimum atomic E-state index is -3.18. The number of halogens is 4. The molecule has 170 valence electrons. The van der Waals surface area contributed by atoms with Gasteiger partial charge in [-0.15, -0.1) is 0 Å². The molecule has 0 radical (unpaired) electrons. The molecular formula is C18H15F4N5O5. The Labute approximate surface area is 176 Å². The van der Waals surface area contributed by atoms with Crippen LogP contribution in [0.1, 0.15) is 46.4 Å². The van der Waals surface area contributed by atoms with Crippen molar-refractivity contribution in [2.45, 2.75) is 25.0 Å². The number of aliphatic hydroxyl groups excluding tert-OH is 2. The molecule has 3 rings (SSSR count). The van der Waals surface area contributed by atoms with Gasteiger partial charge in [-0.3, -0.25) is 14.9 Å². The van der Waals surface area contributed by atoms with Gasteiger partial charge in [-0.25, -0.2) is 27.1 Å². The van der Waals surface area contributed by atoms with Gasteiger partial charge in [0.25, 0.3) is 24.4 Å². The molecule has 3 N–H and O–H groups in total. The molecule has 0 aliphatic carbocycles. The SMILES string of the molecule is O=C(NC(CO)C(O)c1ccc([N+](=O)[O-])cc1)c1cc2nc(C(F)F)cc(C(F)F)n2n1. The average molecular weight is 457 g/mol. The minimum absolute atomic E-state index is 0.146. The first-order valence-electron chi connectivity index (χ1n) is 8.93. The van der Waals surface area contributed by atoms with Gasteiger partial charge in [0.15, 0.2) is 11.3 Å². The number of hydrogen-bond acceptors (Lipinski definition) is 7. The van der Waals surface area contributed by atoms with Crippen LogP contribution in [0.25, 0.3) is 5.65 Å². The Balaban J connectivity index is 1.85. The first-order valence-corrected chi connectivity index (χ1v) is 8.93. The molecule has 14 heteroatoms. The number of alkyl halides is 4. The van der Waals surface area contributed by atoms with Crippen molar-refractivity contribution in [2.24, 2.45) is 0 Å². The van der Waals surface area contributed by atoms with Crippen LogP contribution in [0.3, 0.4) is 0 Å². The fourth-order valence-electron chi connectivity index (χ4n) is 2.89. The van der Waals surface area contributed by atoms with Gasteiger partial charge in [0.2, 0.25) is 0 Å². The van der Waals surface area contributed by atoms with Gasteiger partial charge >= 0.3 is 0 Å². The number of benzene rings is 1. The normalized spacial score (nSPS) is 13.5. The summed E-state index contributed by atoms with van der Waals surface area (Å²) in [7, 11) is 0. The zero-order valence-electron chi connectivity index (χ0n) is 15.9. The summed E-state index contributed by atoms with van der Waals surface area (Å²) in [6.45, 7) is -0.757. The molecule has 0 bridgehead atoms. The molecule has 0 saturated heterocycles. The summed E-state index contributed by atoms with van der Waals surface area (Å²) in [6.07, 6.45) is -7.79. The lowest BCUT2D eigenvalue weighted by Gasteiger charge is -2.22. The average Bonchev–Trinajstić information content (AvgIpc) is 3.20. The van der Waals surface area contributed by atoms with E-state index in [1.54, 1.807) is 0 Å². The molecule has 2 heterocycles. The van der Waals surface area contributed by atoms with Gasteiger partial charge in [0, 0.05) is 18.2 Å². The number of non-ortho nitro benzene ring substituents is 1. The monoisotopic (exact) mass is 457 g/mol. The molecule has 10 nitrogen and oxygen atoms in total. The van der Waals surface area contributed by atoms with E-state index in [1.165, 1.54) is 12.1 Å². The van der Waals surface area contributed by atoms with Gasteiger partial charge < -0.3 is 15.5 Å². The third-order valence-electron chi connectivity index (χ3n) is 4.49. The van der Waals surface area contributed by atoms with Crippen LogP contribution >= 0.6 is 0 Å². The molecule has 3 aromatic rings. The largest absolute Gasteiger partial charge is 0.394 e. The molecule has 2 atom stereocenters. The van der Waals surface area contributed by atoms with Gasteiger partial charge in [-0.2, -0.15) is 5.10 Å². The smallest absolute Gasteiger partial charge is 0.280 e. The van der Waals surface area contributed by atoms with Crippen LogP contribution in [0.5, 0.6) is 0 Å². The maximum atomic E-state index is 13.2. The van der Waals surface area contributed by atoms with E-state index in [0.29, 0.717) is 10.6 Å². The van der Waals surface area contributed by atoms with Crippen LogP contribution in [0.4, 0.5) is 23.2 Å². The summed E-state index contributed by atoms with van der Waals surface area (Å²) in [5.74, 6) is -1.01. The molecule has 0 aliphatic rings. The van der Waals surface area contributed by atoms with Crippen LogP contribution < -0.4 is 5.32 Å². The zero-order valence-corrected chi connectivity index (χ0v) is 15.9. The fourth-order valence-corrected chi connectivity index (χ4v) is 2.89. The third-order valence-corrected chi connectivity index (χ3v) is 4.49. The predicted molar refractivity (Wildman–Crippen MR) is 99.3 cm³/mol. The maximum Gasteiger partial charge on any atom is 0.280 e. The Morgan fingerprint density at radius 2 is 1.81 bits per heavy atom. The quantitative estimate of drug-likeness (QED) is 0.268. The van der Waals surface area contributed by atoms with E-state index >= 15 is 0 Å². The zero-order chi connectivity index (χ0) is 23.6. The van der Waals surface area contributed by atoms with E-state index in [1.807, 2.05) is 0 Å². The second kappa shape index (κ2) is 9.23. The van der Waals surface area contributed by atoms with Gasteiger partial charge in [-0.05, 0) is 23.8 Å². The van der Waals surface area contributed by atoms with Crippen LogP contribution in [0.2, 0.25) is 0 Å². The molecule has 0 spiro atoms. The number of nitro groups is 1. The van der Waals surface area contributed by atoms with Crippen molar-refractivity contribution < 1.29 is 37.5 Å². The number of hydrogen-bond donors (Lipinski definition) is 3. The Hall–Kier alpha value is -3.65. The van der Waals surface area contributed by atoms with Crippen molar-refractivity contribution in [2.75, 3.05) is 6.61 Å². The highest BCUT2D eigenvalue weighted by molar-refractivity contribution is 5.93. The molecule has 1 amide bonds. The van der Waals surface area contributed by atoms with Crippen molar-refractivity contribution >= 4 is 17.2 Å². The van der Waals surface area contributed by atoms with Crippen molar-refractivity contribution in [3.63, 3.8) is 0 Å². The predicted octanol–water partition coefficient (Wildman–Crippen LogP) is 2.34. The summed E-state index contributed by atoms with van der Waals surface area (Å²) < 4.78 is 52.9. The maximum absolute atomic E-state index is 13.2. The molecule has 1 aromatic carbocycles. The number of nitrogens with zero attached hydrogens (tertiary/aromatic N) is 4. The number of carbonyl (C=O) groups is 1. The molecule has 2 unspecified atom stereocenters. The van der Waals surface area contributed by atoms with Crippen LogP contribution in [-0.4, -0.2) is 48.3 Å². The van der Waals surface area contributed by atoms with Gasteiger partial charge in [-0.1, -0.05) is 0 Å². The number of aliphatic hydroxyl groups is 2. The van der Waals surface area contributed by atoms with E-state index in [9.17, 15) is 42.7 Å². The first-order chi connectivity index (χ1) is 15.1. The number of aromatic nitrogens is 3. The van der Waals surface area contributed by atoms with E-state index in [4.69, 9.17) is 0 Å². The summed E-state index contributed by atoms with van der Waals surface area (Å²) in [5.41, 5.74) is -2.79. The van der Waals surface area contributed by atoms with E-state index in [2.05, 4.69) is 15.4 Å². The lowest BCUT2D eigenvalue weighted by atomic mass is 10.0. The number of rotatable bonds is 8. The molecule has 0 fully saturated rings. The molecular weight excluding hydrogens is 442 g/mol. The molecule has 2 aromatic heterocycles. The summed E-state index contributed by atoms with van der Waals surface area (Å²) in [5, 5.41) is 36.6. The minimum Gasteiger partial charge on any atom is -0.394 e. The summed E-state index contributed by atoms with van der Waals surface area (Å²) in [6, 6.07) is 4.78. The number of nitro benzene ring substituents is 1. The van der Waals surface area contributed by atoms with E-state index in [0.717, 1.165) is 18.2 Å². The fraction of sp³-hybridized carbons (Fsp3) is 0.278. The number of fused-ring (bicyclic) bond motifs is 1. The summed E-state index contributed by atoms with van der Waals surface area (Å²) >= 11 is 0. The first kappa shape index (κ1) is 23.0. The van der Waals surface area contributed by atoms with Gasteiger partial charge in [0.1, 0.15) is 17.5 Å².